The largest absolute Gasteiger partial charge is 0.497 e. The normalized spacial score (nSPS) is 18.1. The monoisotopic (exact) mass is 264 g/mol. The molecule has 1 aliphatic rings. The maximum atomic E-state index is 5.25. The molecule has 0 saturated carbocycles. The average molecular weight is 264 g/mol. The summed E-state index contributed by atoms with van der Waals surface area (Å²) in [6.45, 7) is 7.46. The number of anilines is 1. The van der Waals surface area contributed by atoms with Crippen LogP contribution in [0.15, 0.2) is 23.2 Å². The first-order valence-corrected chi connectivity index (χ1v) is 7.08. The van der Waals surface area contributed by atoms with Gasteiger partial charge in [-0.1, -0.05) is 31.7 Å². The Morgan fingerprint density at radius 1 is 1.39 bits per heavy atom. The maximum absolute atomic E-state index is 5.25. The van der Waals surface area contributed by atoms with Crippen LogP contribution >= 0.6 is 11.8 Å². The molecule has 4 heteroatoms. The van der Waals surface area contributed by atoms with Crippen molar-refractivity contribution >= 4 is 22.6 Å². The van der Waals surface area contributed by atoms with Crippen molar-refractivity contribution in [3.05, 3.63) is 23.8 Å². The van der Waals surface area contributed by atoms with Gasteiger partial charge in [0.2, 0.25) is 0 Å². The zero-order valence-corrected chi connectivity index (χ0v) is 12.2. The van der Waals surface area contributed by atoms with Crippen molar-refractivity contribution in [1.82, 2.24) is 0 Å². The molecule has 0 radical (unpaired) electrons. The molecule has 18 heavy (non-hydrogen) atoms. The second kappa shape index (κ2) is 5.22. The van der Waals surface area contributed by atoms with E-state index in [-0.39, 0.29) is 0 Å². The highest BCUT2D eigenvalue weighted by molar-refractivity contribution is 8.14. The lowest BCUT2D eigenvalue weighted by Crippen LogP contribution is -2.27. The molecule has 1 aliphatic heterocycles. The molecule has 3 nitrogen and oxygen atoms in total. The Kier molecular flexibility index (Phi) is 3.85. The smallest absolute Gasteiger partial charge is 0.161 e. The summed E-state index contributed by atoms with van der Waals surface area (Å²) in [5.74, 6) is 1.96. The highest BCUT2D eigenvalue weighted by Gasteiger charge is 2.23. The first-order chi connectivity index (χ1) is 8.50. The fourth-order valence-electron chi connectivity index (χ4n) is 1.69. The van der Waals surface area contributed by atoms with Crippen LogP contribution < -0.4 is 10.1 Å². The van der Waals surface area contributed by atoms with Crippen molar-refractivity contribution < 1.29 is 4.74 Å². The number of benzene rings is 1. The van der Waals surface area contributed by atoms with Crippen LogP contribution in [0.5, 0.6) is 5.75 Å². The van der Waals surface area contributed by atoms with Crippen LogP contribution in [-0.4, -0.2) is 24.6 Å². The van der Waals surface area contributed by atoms with Gasteiger partial charge in [-0.3, -0.25) is 4.99 Å². The number of nitrogens with zero attached hydrogens (tertiary/aromatic N) is 1. The van der Waals surface area contributed by atoms with E-state index >= 15 is 0 Å². The van der Waals surface area contributed by atoms with Crippen molar-refractivity contribution in [2.45, 2.75) is 20.8 Å². The zero-order valence-electron chi connectivity index (χ0n) is 11.4. The lowest BCUT2D eigenvalue weighted by molar-refractivity contribution is 0.415. The van der Waals surface area contributed by atoms with Gasteiger partial charge in [0.1, 0.15) is 5.75 Å². The fraction of sp³-hybridized carbons (Fsp3) is 0.500. The number of ether oxygens (including phenoxy) is 1. The van der Waals surface area contributed by atoms with Gasteiger partial charge in [0.05, 0.1) is 7.11 Å². The molecule has 0 saturated heterocycles. The summed E-state index contributed by atoms with van der Waals surface area (Å²) in [6.07, 6.45) is 0. The number of rotatable bonds is 2. The van der Waals surface area contributed by atoms with E-state index in [1.165, 1.54) is 5.56 Å². The molecule has 1 aromatic rings. The molecule has 0 spiro atoms. The van der Waals surface area contributed by atoms with Gasteiger partial charge < -0.3 is 10.1 Å². The third-order valence-electron chi connectivity index (χ3n) is 2.94. The predicted molar refractivity (Wildman–Crippen MR) is 79.9 cm³/mol. The summed E-state index contributed by atoms with van der Waals surface area (Å²) in [6, 6.07) is 6.04. The van der Waals surface area contributed by atoms with Gasteiger partial charge in [-0.25, -0.2) is 0 Å². The maximum Gasteiger partial charge on any atom is 0.161 e. The van der Waals surface area contributed by atoms with Crippen molar-refractivity contribution in [3.8, 4) is 5.75 Å². The van der Waals surface area contributed by atoms with E-state index in [1.54, 1.807) is 18.9 Å². The molecule has 0 aliphatic carbocycles. The summed E-state index contributed by atoms with van der Waals surface area (Å²) >= 11 is 1.79. The summed E-state index contributed by atoms with van der Waals surface area (Å²) in [4.78, 5) is 4.60. The van der Waals surface area contributed by atoms with Crippen molar-refractivity contribution in [2.75, 3.05) is 24.7 Å². The van der Waals surface area contributed by atoms with Crippen molar-refractivity contribution in [1.29, 1.82) is 0 Å². The van der Waals surface area contributed by atoms with E-state index in [4.69, 9.17) is 4.74 Å². The molecule has 1 heterocycles. The molecular weight excluding hydrogens is 244 g/mol. The predicted octanol–water partition coefficient (Wildman–Crippen LogP) is 3.54. The number of amidine groups is 1. The number of hydrogen-bond donors (Lipinski definition) is 1. The van der Waals surface area contributed by atoms with Crippen molar-refractivity contribution in [2.24, 2.45) is 10.4 Å². The van der Waals surface area contributed by atoms with Crippen LogP contribution in [0.2, 0.25) is 0 Å². The third-order valence-corrected chi connectivity index (χ3v) is 4.37. The Morgan fingerprint density at radius 2 is 2.17 bits per heavy atom. The standard InChI is InChI=1S/C14H20N2OS/c1-10-5-6-11(17-4)7-12(10)16-13-15-8-14(2,3)9-18-13/h5-7H,8-9H2,1-4H3,(H,15,16). The molecule has 0 unspecified atom stereocenters. The minimum atomic E-state index is 0.305. The molecule has 1 N–H and O–H groups in total. The number of nitrogens with one attached hydrogen (secondary N) is 1. The number of aryl methyl sites for hydroxylation is 1. The summed E-state index contributed by atoms with van der Waals surface area (Å²) in [5, 5.41) is 4.40. The Labute approximate surface area is 113 Å². The quantitative estimate of drug-likeness (QED) is 0.887. The van der Waals surface area contributed by atoms with Gasteiger partial charge in [0.25, 0.3) is 0 Å². The number of methoxy groups -OCH3 is 1. The second-order valence-corrected chi connectivity index (χ2v) is 6.34. The summed E-state index contributed by atoms with van der Waals surface area (Å²) in [5.41, 5.74) is 2.57. The van der Waals surface area contributed by atoms with Crippen LogP contribution in [0.25, 0.3) is 0 Å². The summed E-state index contributed by atoms with van der Waals surface area (Å²) in [7, 11) is 1.68. The van der Waals surface area contributed by atoms with E-state index in [9.17, 15) is 0 Å². The van der Waals surface area contributed by atoms with Crippen LogP contribution in [-0.2, 0) is 0 Å². The molecule has 98 valence electrons. The van der Waals surface area contributed by atoms with E-state index in [0.717, 1.165) is 28.9 Å². The lowest BCUT2D eigenvalue weighted by Gasteiger charge is -2.27. The Morgan fingerprint density at radius 3 is 2.78 bits per heavy atom. The highest BCUT2D eigenvalue weighted by atomic mass is 32.2. The zero-order chi connectivity index (χ0) is 13.2. The van der Waals surface area contributed by atoms with Crippen LogP contribution in [0, 0.1) is 12.3 Å². The first-order valence-electron chi connectivity index (χ1n) is 6.09. The van der Waals surface area contributed by atoms with E-state index < -0.39 is 0 Å². The highest BCUT2D eigenvalue weighted by Crippen LogP contribution is 2.29. The molecular formula is C14H20N2OS. The number of aliphatic imine (C=N–C) groups is 1. The van der Waals surface area contributed by atoms with Crippen LogP contribution in [0.4, 0.5) is 5.69 Å². The molecule has 0 atom stereocenters. The molecule has 1 aromatic carbocycles. The van der Waals surface area contributed by atoms with E-state index in [0.29, 0.717) is 5.41 Å². The van der Waals surface area contributed by atoms with Crippen LogP contribution in [0.1, 0.15) is 19.4 Å². The first kappa shape index (κ1) is 13.3. The summed E-state index contributed by atoms with van der Waals surface area (Å²) < 4.78 is 5.25. The molecule has 2 rings (SSSR count). The fourth-order valence-corrected chi connectivity index (χ4v) is 2.65. The number of hydrogen-bond acceptors (Lipinski definition) is 4. The van der Waals surface area contributed by atoms with Gasteiger partial charge >= 0.3 is 0 Å². The average Bonchev–Trinajstić information content (AvgIpc) is 2.34. The SMILES string of the molecule is COc1ccc(C)c(NC2=NCC(C)(C)CS2)c1. The van der Waals surface area contributed by atoms with E-state index in [1.807, 2.05) is 12.1 Å². The Balaban J connectivity index is 2.12. The lowest BCUT2D eigenvalue weighted by atomic mass is 9.97. The minimum absolute atomic E-state index is 0.305. The van der Waals surface area contributed by atoms with Gasteiger partial charge in [-0.05, 0) is 24.0 Å². The van der Waals surface area contributed by atoms with Gasteiger partial charge in [0, 0.05) is 24.1 Å². The second-order valence-electron chi connectivity index (χ2n) is 5.38. The minimum Gasteiger partial charge on any atom is -0.497 e. The molecule has 0 fully saturated rings. The van der Waals surface area contributed by atoms with Gasteiger partial charge in [-0.2, -0.15) is 0 Å². The molecule has 0 aromatic heterocycles. The van der Waals surface area contributed by atoms with Crippen LogP contribution in [0.3, 0.4) is 0 Å². The topological polar surface area (TPSA) is 33.6 Å². The third kappa shape index (κ3) is 3.19. The molecule has 0 amide bonds. The Bertz CT molecular complexity index is 469. The van der Waals surface area contributed by atoms with Crippen molar-refractivity contribution in [3.63, 3.8) is 0 Å². The number of thioether (sulfide) groups is 1. The van der Waals surface area contributed by atoms with Gasteiger partial charge in [-0.15, -0.1) is 0 Å². The van der Waals surface area contributed by atoms with E-state index in [2.05, 4.69) is 37.1 Å². The van der Waals surface area contributed by atoms with Gasteiger partial charge in [0.15, 0.2) is 5.17 Å². The molecule has 0 bridgehead atoms. The Hall–Kier alpha value is -1.16.